The number of methoxy groups -OCH3 is 1. The highest BCUT2D eigenvalue weighted by Gasteiger charge is 2.18. The van der Waals surface area contributed by atoms with Crippen LogP contribution in [0.1, 0.15) is 17.3 Å². The van der Waals surface area contributed by atoms with Crippen LogP contribution in [0.5, 0.6) is 5.75 Å². The van der Waals surface area contributed by atoms with Crippen LogP contribution in [0.2, 0.25) is 0 Å². The molecular formula is C17H15BrN2O2S. The first-order valence-corrected chi connectivity index (χ1v) is 8.74. The van der Waals surface area contributed by atoms with Gasteiger partial charge in [-0.15, -0.1) is 0 Å². The van der Waals surface area contributed by atoms with Gasteiger partial charge in [-0.05, 0) is 31.2 Å². The number of Topliss-reactive ketones (excluding diaryl/α,β-unsaturated/α-hetero) is 1. The lowest BCUT2D eigenvalue weighted by atomic mass is 10.1. The number of hydrogen-bond donors (Lipinski definition) is 1. The van der Waals surface area contributed by atoms with Gasteiger partial charge in [0.05, 0.1) is 23.4 Å². The van der Waals surface area contributed by atoms with E-state index in [1.807, 2.05) is 49.4 Å². The Kier molecular flexibility index (Phi) is 4.73. The number of halogens is 1. The van der Waals surface area contributed by atoms with Gasteiger partial charge in [-0.25, -0.2) is 4.98 Å². The summed E-state index contributed by atoms with van der Waals surface area (Å²) in [6.45, 7) is 1.89. The highest BCUT2D eigenvalue weighted by molar-refractivity contribution is 9.10. The van der Waals surface area contributed by atoms with Crippen molar-refractivity contribution in [3.8, 4) is 5.75 Å². The summed E-state index contributed by atoms with van der Waals surface area (Å²) >= 11 is 4.80. The standard InChI is InChI=1S/C17H15BrN2O2S/c1-10(16(21)11-3-5-12(18)6-4-11)23-17-19-14-8-7-13(22-2)9-15(14)20-17/h3-10H,1-2H3,(H,19,20). The minimum absolute atomic E-state index is 0.0838. The predicted octanol–water partition coefficient (Wildman–Crippen LogP) is 4.70. The van der Waals surface area contributed by atoms with Crippen molar-refractivity contribution in [1.29, 1.82) is 0 Å². The molecule has 0 radical (unpaired) electrons. The summed E-state index contributed by atoms with van der Waals surface area (Å²) in [5, 5.41) is 0.504. The second-order valence-electron chi connectivity index (χ2n) is 5.06. The van der Waals surface area contributed by atoms with Crippen molar-refractivity contribution in [2.75, 3.05) is 7.11 Å². The van der Waals surface area contributed by atoms with E-state index >= 15 is 0 Å². The van der Waals surface area contributed by atoms with Crippen LogP contribution in [0.25, 0.3) is 11.0 Å². The van der Waals surface area contributed by atoms with Crippen LogP contribution in [0.4, 0.5) is 0 Å². The first-order valence-electron chi connectivity index (χ1n) is 7.07. The highest BCUT2D eigenvalue weighted by Crippen LogP contribution is 2.27. The zero-order valence-electron chi connectivity index (χ0n) is 12.7. The number of hydrogen-bond acceptors (Lipinski definition) is 4. The Morgan fingerprint density at radius 2 is 2.00 bits per heavy atom. The van der Waals surface area contributed by atoms with Crippen LogP contribution in [-0.4, -0.2) is 28.1 Å². The molecule has 2 aromatic carbocycles. The molecule has 0 saturated carbocycles. The molecule has 0 aliphatic carbocycles. The fourth-order valence-corrected chi connectivity index (χ4v) is 3.38. The highest BCUT2D eigenvalue weighted by atomic mass is 79.9. The number of H-pyrrole nitrogens is 1. The van der Waals surface area contributed by atoms with E-state index in [-0.39, 0.29) is 11.0 Å². The summed E-state index contributed by atoms with van der Waals surface area (Å²) in [6, 6.07) is 13.1. The summed E-state index contributed by atoms with van der Waals surface area (Å²) in [6.07, 6.45) is 0. The average molecular weight is 391 g/mol. The lowest BCUT2D eigenvalue weighted by Gasteiger charge is -2.08. The summed E-state index contributed by atoms with van der Waals surface area (Å²) < 4.78 is 6.16. The van der Waals surface area contributed by atoms with Gasteiger partial charge in [-0.3, -0.25) is 4.79 Å². The SMILES string of the molecule is COc1ccc2nc(SC(C)C(=O)c3ccc(Br)cc3)[nH]c2c1. The van der Waals surface area contributed by atoms with Crippen molar-refractivity contribution >= 4 is 44.5 Å². The number of thioether (sulfide) groups is 1. The van der Waals surface area contributed by atoms with E-state index in [1.54, 1.807) is 7.11 Å². The van der Waals surface area contributed by atoms with E-state index < -0.39 is 0 Å². The van der Waals surface area contributed by atoms with Crippen LogP contribution >= 0.6 is 27.7 Å². The molecule has 0 saturated heterocycles. The van der Waals surface area contributed by atoms with Crippen LogP contribution in [0.3, 0.4) is 0 Å². The Balaban J connectivity index is 1.77. The molecule has 4 nitrogen and oxygen atoms in total. The zero-order valence-corrected chi connectivity index (χ0v) is 15.1. The summed E-state index contributed by atoms with van der Waals surface area (Å²) in [7, 11) is 1.63. The molecule has 0 aliphatic heterocycles. The fourth-order valence-electron chi connectivity index (χ4n) is 2.22. The Labute approximate surface area is 146 Å². The van der Waals surface area contributed by atoms with Gasteiger partial charge in [0, 0.05) is 16.1 Å². The first kappa shape index (κ1) is 16.1. The van der Waals surface area contributed by atoms with Gasteiger partial charge in [-0.2, -0.15) is 0 Å². The van der Waals surface area contributed by atoms with Crippen molar-refractivity contribution in [3.05, 3.63) is 52.5 Å². The largest absolute Gasteiger partial charge is 0.497 e. The van der Waals surface area contributed by atoms with E-state index in [9.17, 15) is 4.79 Å². The Bertz CT molecular complexity index is 845. The summed E-state index contributed by atoms with van der Waals surface area (Å²) in [5.74, 6) is 0.859. The number of aromatic nitrogens is 2. The Morgan fingerprint density at radius 3 is 2.70 bits per heavy atom. The minimum atomic E-state index is -0.223. The molecule has 23 heavy (non-hydrogen) atoms. The number of rotatable bonds is 5. The number of aromatic amines is 1. The van der Waals surface area contributed by atoms with Gasteiger partial charge in [0.1, 0.15) is 5.75 Å². The van der Waals surface area contributed by atoms with Crippen molar-refractivity contribution in [1.82, 2.24) is 9.97 Å². The molecule has 1 unspecified atom stereocenters. The van der Waals surface area contributed by atoms with Gasteiger partial charge in [-0.1, -0.05) is 39.8 Å². The van der Waals surface area contributed by atoms with Crippen LogP contribution < -0.4 is 4.74 Å². The van der Waals surface area contributed by atoms with E-state index in [2.05, 4.69) is 25.9 Å². The topological polar surface area (TPSA) is 55.0 Å². The van der Waals surface area contributed by atoms with Crippen LogP contribution in [0, 0.1) is 0 Å². The van der Waals surface area contributed by atoms with E-state index in [1.165, 1.54) is 11.8 Å². The number of imidazole rings is 1. The number of carbonyl (C=O) groups excluding carboxylic acids is 1. The Morgan fingerprint density at radius 1 is 1.26 bits per heavy atom. The normalized spacial score (nSPS) is 12.3. The molecule has 1 atom stereocenters. The molecule has 3 rings (SSSR count). The monoisotopic (exact) mass is 390 g/mol. The van der Waals surface area contributed by atoms with Crippen molar-refractivity contribution in [2.45, 2.75) is 17.3 Å². The molecule has 6 heteroatoms. The number of benzene rings is 2. The van der Waals surface area contributed by atoms with Crippen molar-refractivity contribution in [2.24, 2.45) is 0 Å². The van der Waals surface area contributed by atoms with Gasteiger partial charge in [0.25, 0.3) is 0 Å². The van der Waals surface area contributed by atoms with Crippen LogP contribution in [0.15, 0.2) is 52.1 Å². The maximum atomic E-state index is 12.5. The van der Waals surface area contributed by atoms with E-state index in [4.69, 9.17) is 4.74 Å². The smallest absolute Gasteiger partial charge is 0.175 e. The molecule has 3 aromatic rings. The first-order chi connectivity index (χ1) is 11.1. The average Bonchev–Trinajstić information content (AvgIpc) is 2.95. The summed E-state index contributed by atoms with van der Waals surface area (Å²) in [5.41, 5.74) is 2.46. The maximum absolute atomic E-state index is 12.5. The van der Waals surface area contributed by atoms with Gasteiger partial charge >= 0.3 is 0 Å². The van der Waals surface area contributed by atoms with Gasteiger partial charge in [0.2, 0.25) is 0 Å². The second kappa shape index (κ2) is 6.76. The lowest BCUT2D eigenvalue weighted by Crippen LogP contribution is -2.13. The molecule has 1 aromatic heterocycles. The number of carbonyl (C=O) groups is 1. The summed E-state index contributed by atoms with van der Waals surface area (Å²) in [4.78, 5) is 20.2. The lowest BCUT2D eigenvalue weighted by molar-refractivity contribution is 0.0994. The number of nitrogens with one attached hydrogen (secondary N) is 1. The van der Waals surface area contributed by atoms with Crippen molar-refractivity contribution < 1.29 is 9.53 Å². The molecule has 0 amide bonds. The van der Waals surface area contributed by atoms with E-state index in [0.29, 0.717) is 5.56 Å². The quantitative estimate of drug-likeness (QED) is 0.506. The second-order valence-corrected chi connectivity index (χ2v) is 7.30. The molecule has 1 N–H and O–H groups in total. The number of fused-ring (bicyclic) bond motifs is 1. The predicted molar refractivity (Wildman–Crippen MR) is 96.4 cm³/mol. The number of nitrogens with zero attached hydrogens (tertiary/aromatic N) is 1. The zero-order chi connectivity index (χ0) is 16.4. The molecule has 0 aliphatic rings. The Hall–Kier alpha value is -1.79. The van der Waals surface area contributed by atoms with E-state index in [0.717, 1.165) is 26.4 Å². The number of ether oxygens (including phenoxy) is 1. The minimum Gasteiger partial charge on any atom is -0.497 e. The van der Waals surface area contributed by atoms with Crippen molar-refractivity contribution in [3.63, 3.8) is 0 Å². The van der Waals surface area contributed by atoms with Gasteiger partial charge < -0.3 is 9.72 Å². The molecule has 118 valence electrons. The molecule has 0 spiro atoms. The maximum Gasteiger partial charge on any atom is 0.175 e. The third kappa shape index (κ3) is 3.59. The molecule has 0 fully saturated rings. The van der Waals surface area contributed by atoms with Crippen LogP contribution in [-0.2, 0) is 0 Å². The molecule has 0 bridgehead atoms. The number of ketones is 1. The third-order valence-corrected chi connectivity index (χ3v) is 4.97. The third-order valence-electron chi connectivity index (χ3n) is 3.45. The van der Waals surface area contributed by atoms with Gasteiger partial charge in [0.15, 0.2) is 10.9 Å². The molecule has 1 heterocycles. The fraction of sp³-hybridized carbons (Fsp3) is 0.176. The molecular weight excluding hydrogens is 376 g/mol.